The van der Waals surface area contributed by atoms with E-state index in [1.807, 2.05) is 0 Å². The Balaban J connectivity index is 1.86. The molecule has 0 amide bonds. The van der Waals surface area contributed by atoms with Crippen LogP contribution in [0.5, 0.6) is 11.5 Å². The Labute approximate surface area is 121 Å². The van der Waals surface area contributed by atoms with E-state index < -0.39 is 5.97 Å². The van der Waals surface area contributed by atoms with Crippen molar-refractivity contribution >= 4 is 17.6 Å². The molecule has 0 aliphatic rings. The lowest BCUT2D eigenvalue weighted by Gasteiger charge is -2.10. The average Bonchev–Trinajstić information content (AvgIpc) is 2.44. The summed E-state index contributed by atoms with van der Waals surface area (Å²) in [5.41, 5.74) is 0.134. The van der Waals surface area contributed by atoms with E-state index in [4.69, 9.17) is 26.2 Å². The van der Waals surface area contributed by atoms with Crippen LogP contribution in [0.1, 0.15) is 10.4 Å². The van der Waals surface area contributed by atoms with Crippen LogP contribution < -0.4 is 9.47 Å². The molecule has 0 aromatic heterocycles. The Morgan fingerprint density at radius 2 is 1.80 bits per heavy atom. The maximum atomic E-state index is 11.0. The Bertz CT molecular complexity index is 598. The van der Waals surface area contributed by atoms with Crippen molar-refractivity contribution in [3.05, 3.63) is 59.1 Å². The van der Waals surface area contributed by atoms with Gasteiger partial charge in [-0.25, -0.2) is 4.79 Å². The first-order valence-electron chi connectivity index (χ1n) is 6.00. The summed E-state index contributed by atoms with van der Waals surface area (Å²) in [6, 6.07) is 13.5. The topological polar surface area (TPSA) is 55.8 Å². The van der Waals surface area contributed by atoms with Crippen molar-refractivity contribution in [2.75, 3.05) is 13.2 Å². The number of carbonyl (C=O) groups is 1. The number of ether oxygens (including phenoxy) is 2. The highest BCUT2D eigenvalue weighted by atomic mass is 35.5. The molecule has 1 N–H and O–H groups in total. The molecule has 2 aromatic rings. The second kappa shape index (κ2) is 6.82. The molecule has 0 fully saturated rings. The van der Waals surface area contributed by atoms with E-state index in [9.17, 15) is 4.79 Å². The van der Waals surface area contributed by atoms with Crippen molar-refractivity contribution < 1.29 is 19.4 Å². The summed E-state index contributed by atoms with van der Waals surface area (Å²) in [4.78, 5) is 11.0. The van der Waals surface area contributed by atoms with Crippen LogP contribution >= 0.6 is 11.6 Å². The lowest BCUT2D eigenvalue weighted by Crippen LogP contribution is -2.11. The number of aromatic carboxylic acids is 1. The van der Waals surface area contributed by atoms with Crippen LogP contribution in [0.3, 0.4) is 0 Å². The molecule has 2 rings (SSSR count). The summed E-state index contributed by atoms with van der Waals surface area (Å²) in [5, 5.41) is 9.60. The van der Waals surface area contributed by atoms with Gasteiger partial charge >= 0.3 is 5.97 Å². The molecule has 20 heavy (non-hydrogen) atoms. The predicted molar refractivity (Wildman–Crippen MR) is 75.8 cm³/mol. The fourth-order valence-electron chi connectivity index (χ4n) is 1.64. The number of hydrogen-bond donors (Lipinski definition) is 1. The molecule has 0 atom stereocenters. The second-order valence-electron chi connectivity index (χ2n) is 3.96. The molecule has 2 aromatic carbocycles. The van der Waals surface area contributed by atoms with E-state index in [2.05, 4.69) is 0 Å². The quantitative estimate of drug-likeness (QED) is 0.828. The fourth-order valence-corrected chi connectivity index (χ4v) is 1.82. The van der Waals surface area contributed by atoms with Crippen LogP contribution in [0.2, 0.25) is 5.02 Å². The van der Waals surface area contributed by atoms with Gasteiger partial charge in [0.25, 0.3) is 0 Å². The van der Waals surface area contributed by atoms with Gasteiger partial charge in [0.2, 0.25) is 0 Å². The normalized spacial score (nSPS) is 10.1. The van der Waals surface area contributed by atoms with Gasteiger partial charge in [-0.2, -0.15) is 0 Å². The summed E-state index contributed by atoms with van der Waals surface area (Å²) in [6.45, 7) is 0.547. The average molecular weight is 293 g/mol. The minimum absolute atomic E-state index is 0.134. The molecular formula is C15H13ClO4. The Hall–Kier alpha value is -2.20. The first-order valence-corrected chi connectivity index (χ1v) is 6.38. The summed E-state index contributed by atoms with van der Waals surface area (Å²) < 4.78 is 10.9. The summed E-state index contributed by atoms with van der Waals surface area (Å²) in [5.74, 6) is -0.0429. The van der Waals surface area contributed by atoms with Crippen LogP contribution in [-0.4, -0.2) is 24.3 Å². The Morgan fingerprint density at radius 3 is 2.55 bits per heavy atom. The number of hydrogen-bond acceptors (Lipinski definition) is 3. The maximum Gasteiger partial charge on any atom is 0.339 e. The van der Waals surface area contributed by atoms with Gasteiger partial charge in [-0.15, -0.1) is 0 Å². The molecule has 0 aliphatic carbocycles. The molecule has 0 radical (unpaired) electrons. The lowest BCUT2D eigenvalue weighted by molar-refractivity contribution is 0.0691. The molecule has 4 nitrogen and oxygen atoms in total. The minimum Gasteiger partial charge on any atom is -0.490 e. The molecule has 104 valence electrons. The van der Waals surface area contributed by atoms with E-state index in [1.165, 1.54) is 6.07 Å². The molecule has 0 saturated heterocycles. The molecule has 0 heterocycles. The van der Waals surface area contributed by atoms with Gasteiger partial charge in [-0.1, -0.05) is 29.8 Å². The number of halogens is 1. The standard InChI is InChI=1S/C15H13ClO4/c16-11-4-3-5-12(10-11)19-8-9-20-14-7-2-1-6-13(14)15(17)18/h1-7,10H,8-9H2,(H,17,18). The van der Waals surface area contributed by atoms with Gasteiger partial charge in [0.1, 0.15) is 30.3 Å². The summed E-state index contributed by atoms with van der Waals surface area (Å²) in [7, 11) is 0. The number of para-hydroxylation sites is 1. The van der Waals surface area contributed by atoms with Crippen molar-refractivity contribution in [2.45, 2.75) is 0 Å². The first kappa shape index (κ1) is 14.2. The molecule has 5 heteroatoms. The number of benzene rings is 2. The minimum atomic E-state index is -1.02. The van der Waals surface area contributed by atoms with E-state index in [-0.39, 0.29) is 12.2 Å². The number of rotatable bonds is 6. The largest absolute Gasteiger partial charge is 0.490 e. The van der Waals surface area contributed by atoms with Gasteiger partial charge in [0.05, 0.1) is 0 Å². The third-order valence-electron chi connectivity index (χ3n) is 2.52. The van der Waals surface area contributed by atoms with Crippen LogP contribution in [-0.2, 0) is 0 Å². The highest BCUT2D eigenvalue weighted by Gasteiger charge is 2.09. The third kappa shape index (κ3) is 3.90. The molecular weight excluding hydrogens is 280 g/mol. The summed E-state index contributed by atoms with van der Waals surface area (Å²) >= 11 is 5.83. The zero-order chi connectivity index (χ0) is 14.4. The van der Waals surface area contributed by atoms with Gasteiger partial charge in [0, 0.05) is 5.02 Å². The van der Waals surface area contributed by atoms with E-state index >= 15 is 0 Å². The third-order valence-corrected chi connectivity index (χ3v) is 2.76. The smallest absolute Gasteiger partial charge is 0.339 e. The lowest BCUT2D eigenvalue weighted by atomic mass is 10.2. The van der Waals surface area contributed by atoms with Crippen molar-refractivity contribution in [3.63, 3.8) is 0 Å². The zero-order valence-corrected chi connectivity index (χ0v) is 11.3. The van der Waals surface area contributed by atoms with E-state index in [0.717, 1.165) is 0 Å². The van der Waals surface area contributed by atoms with Gasteiger partial charge < -0.3 is 14.6 Å². The molecule has 0 aliphatic heterocycles. The Morgan fingerprint density at radius 1 is 1.05 bits per heavy atom. The van der Waals surface area contributed by atoms with Gasteiger partial charge in [-0.05, 0) is 30.3 Å². The molecule has 0 unspecified atom stereocenters. The summed E-state index contributed by atoms with van der Waals surface area (Å²) in [6.07, 6.45) is 0. The first-order chi connectivity index (χ1) is 9.66. The Kier molecular flexibility index (Phi) is 4.85. The van der Waals surface area contributed by atoms with Gasteiger partial charge in [-0.3, -0.25) is 0 Å². The van der Waals surface area contributed by atoms with Crippen LogP contribution in [0.4, 0.5) is 0 Å². The monoisotopic (exact) mass is 292 g/mol. The second-order valence-corrected chi connectivity index (χ2v) is 4.39. The highest BCUT2D eigenvalue weighted by Crippen LogP contribution is 2.19. The zero-order valence-electron chi connectivity index (χ0n) is 10.6. The van der Waals surface area contributed by atoms with E-state index in [1.54, 1.807) is 42.5 Å². The van der Waals surface area contributed by atoms with Crippen LogP contribution in [0, 0.1) is 0 Å². The van der Waals surface area contributed by atoms with Crippen LogP contribution in [0.15, 0.2) is 48.5 Å². The molecule has 0 bridgehead atoms. The van der Waals surface area contributed by atoms with Gasteiger partial charge in [0.15, 0.2) is 0 Å². The SMILES string of the molecule is O=C(O)c1ccccc1OCCOc1cccc(Cl)c1. The van der Waals surface area contributed by atoms with Crippen molar-refractivity contribution in [3.8, 4) is 11.5 Å². The maximum absolute atomic E-state index is 11.0. The molecule has 0 saturated carbocycles. The van der Waals surface area contributed by atoms with E-state index in [0.29, 0.717) is 23.1 Å². The highest BCUT2D eigenvalue weighted by molar-refractivity contribution is 6.30. The predicted octanol–water partition coefficient (Wildman–Crippen LogP) is 3.50. The number of carboxylic acids is 1. The van der Waals surface area contributed by atoms with Crippen molar-refractivity contribution in [1.82, 2.24) is 0 Å². The fraction of sp³-hybridized carbons (Fsp3) is 0.133. The van der Waals surface area contributed by atoms with Crippen LogP contribution in [0.25, 0.3) is 0 Å². The molecule has 0 spiro atoms. The van der Waals surface area contributed by atoms with Crippen molar-refractivity contribution in [1.29, 1.82) is 0 Å². The van der Waals surface area contributed by atoms with Crippen molar-refractivity contribution in [2.24, 2.45) is 0 Å². The number of carboxylic acid groups (broad SMARTS) is 1.